The lowest BCUT2D eigenvalue weighted by atomic mass is 10.1. The van der Waals surface area contributed by atoms with E-state index in [0.717, 1.165) is 9.79 Å². The second kappa shape index (κ2) is 6.27. The van der Waals surface area contributed by atoms with Crippen LogP contribution in [0.5, 0.6) is 5.75 Å². The van der Waals surface area contributed by atoms with Gasteiger partial charge in [-0.1, -0.05) is 17.8 Å². The number of rotatable bonds is 5. The molecule has 2 aromatic carbocycles. The Labute approximate surface area is 124 Å². The van der Waals surface area contributed by atoms with Gasteiger partial charge in [-0.2, -0.15) is 0 Å². The van der Waals surface area contributed by atoms with E-state index in [4.69, 9.17) is 5.11 Å². The van der Waals surface area contributed by atoms with Crippen LogP contribution in [0.15, 0.2) is 52.3 Å². The monoisotopic (exact) mass is 305 g/mol. The molecule has 0 heterocycles. The highest BCUT2D eigenvalue weighted by Gasteiger charge is 2.09. The fraction of sp³-hybridized carbons (Fsp3) is 0.0714. The van der Waals surface area contributed by atoms with Crippen molar-refractivity contribution in [2.45, 2.75) is 16.2 Å². The molecule has 0 aliphatic rings. The molecule has 0 unspecified atom stereocenters. The van der Waals surface area contributed by atoms with Crippen molar-refractivity contribution in [1.82, 2.24) is 0 Å². The molecule has 2 rings (SSSR count). The summed E-state index contributed by atoms with van der Waals surface area (Å²) in [7, 11) is 0. The predicted molar refractivity (Wildman–Crippen MR) is 76.7 cm³/mol. The summed E-state index contributed by atoms with van der Waals surface area (Å²) in [6, 6.07) is 10.8. The Morgan fingerprint density at radius 3 is 2.29 bits per heavy atom. The minimum atomic E-state index is -1.01. The third-order valence-electron chi connectivity index (χ3n) is 2.68. The van der Waals surface area contributed by atoms with Crippen molar-refractivity contribution in [3.63, 3.8) is 0 Å². The second-order valence-corrected chi connectivity index (χ2v) is 5.36. The number of nitrogens with zero attached hydrogens (tertiary/aromatic N) is 1. The summed E-state index contributed by atoms with van der Waals surface area (Å²) >= 11 is 1.32. The molecular formula is C14H11NO5S. The van der Waals surface area contributed by atoms with Crippen LogP contribution in [-0.2, 0) is 11.2 Å². The Bertz CT molecular complexity index is 684. The highest BCUT2D eigenvalue weighted by Crippen LogP contribution is 2.32. The van der Waals surface area contributed by atoms with Crippen molar-refractivity contribution >= 4 is 23.4 Å². The molecule has 0 aromatic heterocycles. The van der Waals surface area contributed by atoms with E-state index in [1.54, 1.807) is 24.3 Å². The normalized spacial score (nSPS) is 10.3. The summed E-state index contributed by atoms with van der Waals surface area (Å²) in [6.07, 6.45) is -0.242. The molecule has 0 fully saturated rings. The number of benzene rings is 2. The maximum Gasteiger partial charge on any atom is 0.307 e. The molecule has 0 spiro atoms. The zero-order valence-electron chi connectivity index (χ0n) is 10.7. The number of phenols is 1. The van der Waals surface area contributed by atoms with E-state index < -0.39 is 10.9 Å². The molecule has 7 heteroatoms. The zero-order chi connectivity index (χ0) is 15.4. The number of hydrogen-bond donors (Lipinski definition) is 2. The molecule has 0 aliphatic carbocycles. The van der Waals surface area contributed by atoms with E-state index in [2.05, 4.69) is 0 Å². The van der Waals surface area contributed by atoms with Gasteiger partial charge in [0, 0.05) is 27.5 Å². The Balaban J connectivity index is 2.14. The van der Waals surface area contributed by atoms with E-state index in [0.29, 0.717) is 5.56 Å². The van der Waals surface area contributed by atoms with Gasteiger partial charge in [-0.3, -0.25) is 14.9 Å². The van der Waals surface area contributed by atoms with E-state index in [1.807, 2.05) is 0 Å². The van der Waals surface area contributed by atoms with Gasteiger partial charge in [0.05, 0.1) is 11.3 Å². The number of carboxylic acid groups (broad SMARTS) is 1. The van der Waals surface area contributed by atoms with Crippen LogP contribution in [0.25, 0.3) is 0 Å². The Hall–Kier alpha value is -2.54. The number of aromatic hydroxyl groups is 1. The summed E-state index contributed by atoms with van der Waals surface area (Å²) in [5.41, 5.74) is 0.356. The van der Waals surface area contributed by atoms with Gasteiger partial charge in [0.2, 0.25) is 0 Å². The molecule has 0 saturated carbocycles. The largest absolute Gasteiger partial charge is 0.508 e. The molecule has 108 valence electrons. The number of hydrogen-bond acceptors (Lipinski definition) is 5. The van der Waals surface area contributed by atoms with Gasteiger partial charge < -0.3 is 10.2 Å². The minimum Gasteiger partial charge on any atom is -0.508 e. The number of carbonyl (C=O) groups is 1. The van der Waals surface area contributed by atoms with Crippen LogP contribution in [0, 0.1) is 10.1 Å². The highest BCUT2D eigenvalue weighted by molar-refractivity contribution is 7.99. The van der Waals surface area contributed by atoms with Crippen LogP contribution in [0.3, 0.4) is 0 Å². The molecule has 0 atom stereocenters. The molecule has 2 N–H and O–H groups in total. The van der Waals surface area contributed by atoms with E-state index >= 15 is 0 Å². The Morgan fingerprint density at radius 2 is 1.76 bits per heavy atom. The van der Waals surface area contributed by atoms with Crippen molar-refractivity contribution in [1.29, 1.82) is 0 Å². The lowest BCUT2D eigenvalue weighted by molar-refractivity contribution is -0.384. The van der Waals surface area contributed by atoms with Crippen LogP contribution in [0.4, 0.5) is 5.69 Å². The molecule has 0 bridgehead atoms. The third kappa shape index (κ3) is 3.96. The van der Waals surface area contributed by atoms with Gasteiger partial charge in [0.1, 0.15) is 5.75 Å². The SMILES string of the molecule is O=C(O)Cc1ccc(Sc2ccc([N+](=O)[O-])cc2)cc1O. The van der Waals surface area contributed by atoms with Gasteiger partial charge >= 0.3 is 5.97 Å². The Kier molecular flexibility index (Phi) is 4.44. The maximum atomic E-state index is 10.6. The minimum absolute atomic E-state index is 0.0130. The van der Waals surface area contributed by atoms with E-state index in [9.17, 15) is 20.0 Å². The van der Waals surface area contributed by atoms with E-state index in [-0.39, 0.29) is 17.9 Å². The van der Waals surface area contributed by atoms with Crippen molar-refractivity contribution in [3.8, 4) is 5.75 Å². The van der Waals surface area contributed by atoms with Crippen LogP contribution >= 0.6 is 11.8 Å². The van der Waals surface area contributed by atoms with E-state index in [1.165, 1.54) is 30.0 Å². The summed E-state index contributed by atoms with van der Waals surface area (Å²) in [6.45, 7) is 0. The quantitative estimate of drug-likeness (QED) is 0.650. The number of phenolic OH excluding ortho intramolecular Hbond substituents is 1. The first-order valence-electron chi connectivity index (χ1n) is 5.91. The van der Waals surface area contributed by atoms with Gasteiger partial charge in [0.25, 0.3) is 5.69 Å². The van der Waals surface area contributed by atoms with Crippen molar-refractivity contribution in [3.05, 3.63) is 58.1 Å². The molecule has 0 saturated heterocycles. The average Bonchev–Trinajstić information content (AvgIpc) is 2.42. The summed E-state index contributed by atoms with van der Waals surface area (Å²) in [4.78, 5) is 22.2. The number of nitro groups is 1. The van der Waals surface area contributed by atoms with Crippen molar-refractivity contribution in [2.75, 3.05) is 0 Å². The van der Waals surface area contributed by atoms with Crippen LogP contribution in [0.2, 0.25) is 0 Å². The zero-order valence-corrected chi connectivity index (χ0v) is 11.5. The number of non-ortho nitro benzene ring substituents is 1. The van der Waals surface area contributed by atoms with Gasteiger partial charge in [-0.25, -0.2) is 0 Å². The fourth-order valence-electron chi connectivity index (χ4n) is 1.69. The second-order valence-electron chi connectivity index (χ2n) is 4.21. The number of carboxylic acids is 1. The molecule has 6 nitrogen and oxygen atoms in total. The summed E-state index contributed by atoms with van der Waals surface area (Å²) < 4.78 is 0. The first-order chi connectivity index (χ1) is 9.95. The van der Waals surface area contributed by atoms with Gasteiger partial charge in [-0.15, -0.1) is 0 Å². The number of nitro benzene ring substituents is 1. The number of aliphatic carboxylic acids is 1. The molecule has 0 aliphatic heterocycles. The third-order valence-corrected chi connectivity index (χ3v) is 3.68. The maximum absolute atomic E-state index is 10.6. The standard InChI is InChI=1S/C14H11NO5S/c16-13-8-12(4-1-9(13)7-14(17)18)21-11-5-2-10(3-6-11)15(19)20/h1-6,8,16H,7H2,(H,17,18). The van der Waals surface area contributed by atoms with Crippen LogP contribution < -0.4 is 0 Å². The average molecular weight is 305 g/mol. The van der Waals surface area contributed by atoms with Gasteiger partial charge in [-0.05, 0) is 24.3 Å². The lowest BCUT2D eigenvalue weighted by Crippen LogP contribution is -2.00. The molecule has 2 aromatic rings. The lowest BCUT2D eigenvalue weighted by Gasteiger charge is -2.05. The summed E-state index contributed by atoms with van der Waals surface area (Å²) in [5, 5.41) is 29.0. The smallest absolute Gasteiger partial charge is 0.307 e. The highest BCUT2D eigenvalue weighted by atomic mass is 32.2. The van der Waals surface area contributed by atoms with Crippen molar-refractivity contribution < 1.29 is 19.9 Å². The Morgan fingerprint density at radius 1 is 1.14 bits per heavy atom. The summed E-state index contributed by atoms with van der Waals surface area (Å²) in [5.74, 6) is -1.09. The van der Waals surface area contributed by atoms with Crippen molar-refractivity contribution in [2.24, 2.45) is 0 Å². The van der Waals surface area contributed by atoms with Gasteiger partial charge in [0.15, 0.2) is 0 Å². The molecular weight excluding hydrogens is 294 g/mol. The molecule has 0 radical (unpaired) electrons. The molecule has 0 amide bonds. The first-order valence-corrected chi connectivity index (χ1v) is 6.73. The van der Waals surface area contributed by atoms with Crippen LogP contribution in [0.1, 0.15) is 5.56 Å². The predicted octanol–water partition coefficient (Wildman–Crippen LogP) is 3.08. The molecule has 21 heavy (non-hydrogen) atoms. The topological polar surface area (TPSA) is 101 Å². The van der Waals surface area contributed by atoms with Crippen LogP contribution in [-0.4, -0.2) is 21.1 Å². The first kappa shape index (κ1) is 14.9. The fourth-order valence-corrected chi connectivity index (χ4v) is 2.54.